The fourth-order valence-electron chi connectivity index (χ4n) is 4.70. The number of ether oxygens (including phenoxy) is 1. The molecule has 1 N–H and O–H groups in total. The van der Waals surface area contributed by atoms with Gasteiger partial charge >= 0.3 is 6.09 Å². The normalized spacial score (nSPS) is 20.6. The van der Waals surface area contributed by atoms with Crippen molar-refractivity contribution in [1.82, 2.24) is 10.3 Å². The molecule has 0 unspecified atom stereocenters. The topological polar surface area (TPSA) is 68.3 Å². The maximum Gasteiger partial charge on any atom is 0.407 e. The zero-order chi connectivity index (χ0) is 24.5. The maximum atomic E-state index is 14.4. The number of nitrogens with zero attached hydrogens (tertiary/aromatic N) is 1. The Bertz CT molecular complexity index is 1070. The van der Waals surface area contributed by atoms with Crippen molar-refractivity contribution in [3.63, 3.8) is 0 Å². The molecular formula is C27H32ClFN2O3. The van der Waals surface area contributed by atoms with E-state index in [2.05, 4.69) is 10.3 Å². The van der Waals surface area contributed by atoms with E-state index in [1.54, 1.807) is 12.1 Å². The number of hydrogen-bond acceptors (Lipinski definition) is 4. The number of carbonyl (C=O) groups is 2. The predicted octanol–water partition coefficient (Wildman–Crippen LogP) is 6.93. The van der Waals surface area contributed by atoms with E-state index in [1.165, 1.54) is 6.07 Å². The summed E-state index contributed by atoms with van der Waals surface area (Å²) in [4.78, 5) is 30.2. The summed E-state index contributed by atoms with van der Waals surface area (Å²) < 4.78 is 19.7. The number of hydrogen-bond donors (Lipinski definition) is 1. The van der Waals surface area contributed by atoms with Gasteiger partial charge in [0.05, 0.1) is 12.2 Å². The Morgan fingerprint density at radius 3 is 2.26 bits per heavy atom. The van der Waals surface area contributed by atoms with Crippen LogP contribution < -0.4 is 5.32 Å². The van der Waals surface area contributed by atoms with Gasteiger partial charge in [0, 0.05) is 10.9 Å². The van der Waals surface area contributed by atoms with Gasteiger partial charge in [-0.05, 0) is 100 Å². The van der Waals surface area contributed by atoms with Gasteiger partial charge in [-0.25, -0.2) is 14.2 Å². The van der Waals surface area contributed by atoms with Gasteiger partial charge in [-0.15, -0.1) is 0 Å². The van der Waals surface area contributed by atoms with Crippen LogP contribution in [-0.2, 0) is 11.3 Å². The lowest BCUT2D eigenvalue weighted by molar-refractivity contribution is 0.0523. The van der Waals surface area contributed by atoms with Crippen molar-refractivity contribution in [3.05, 3.63) is 63.7 Å². The second-order valence-corrected chi connectivity index (χ2v) is 10.9. The Hall–Kier alpha value is -2.47. The van der Waals surface area contributed by atoms with E-state index in [1.807, 2.05) is 32.9 Å². The molecule has 1 heterocycles. The van der Waals surface area contributed by atoms with Crippen LogP contribution in [0.2, 0.25) is 5.02 Å². The van der Waals surface area contributed by atoms with Gasteiger partial charge in [-0.1, -0.05) is 23.7 Å². The number of nitrogens with one attached hydrogen (secondary N) is 1. The number of carbonyl (C=O) groups excluding carboxylic acids is 2. The number of alkyl carbamates (subject to hydrolysis) is 1. The molecule has 34 heavy (non-hydrogen) atoms. The summed E-state index contributed by atoms with van der Waals surface area (Å²) in [6, 6.07) is 8.70. The fourth-order valence-corrected chi connectivity index (χ4v) is 4.86. The largest absolute Gasteiger partial charge is 0.444 e. The first kappa shape index (κ1) is 24.6. The van der Waals surface area contributed by atoms with Gasteiger partial charge in [-0.3, -0.25) is 4.79 Å². The number of benzene rings is 1. The summed E-state index contributed by atoms with van der Waals surface area (Å²) in [7, 11) is 0. The Morgan fingerprint density at radius 2 is 1.65 bits per heavy atom. The molecule has 2 fully saturated rings. The number of aromatic nitrogens is 1. The zero-order valence-electron chi connectivity index (χ0n) is 20.0. The molecule has 1 amide bonds. The lowest BCUT2D eigenvalue weighted by atomic mass is 9.76. The molecule has 7 heteroatoms. The van der Waals surface area contributed by atoms with Gasteiger partial charge in [0.25, 0.3) is 0 Å². The molecule has 1 aromatic heterocycles. The number of Topliss-reactive ketones (excluding diaryl/α,β-unsaturated/α-hetero) is 1. The highest BCUT2D eigenvalue weighted by Gasteiger charge is 2.34. The summed E-state index contributed by atoms with van der Waals surface area (Å²) in [5.41, 5.74) is 2.28. The van der Waals surface area contributed by atoms with Gasteiger partial charge in [0.1, 0.15) is 17.1 Å². The predicted molar refractivity (Wildman–Crippen MR) is 130 cm³/mol. The van der Waals surface area contributed by atoms with Crippen LogP contribution in [0.3, 0.4) is 0 Å². The fraction of sp³-hybridized carbons (Fsp3) is 0.519. The highest BCUT2D eigenvalue weighted by molar-refractivity contribution is 6.30. The molecule has 0 radical (unpaired) electrons. The van der Waals surface area contributed by atoms with Crippen molar-refractivity contribution in [1.29, 1.82) is 0 Å². The van der Waals surface area contributed by atoms with Crippen LogP contribution in [-0.4, -0.2) is 22.5 Å². The molecule has 1 aromatic carbocycles. The molecule has 0 spiro atoms. The molecule has 4 rings (SSSR count). The minimum absolute atomic E-state index is 0.0658. The van der Waals surface area contributed by atoms with E-state index in [0.717, 1.165) is 31.2 Å². The number of halogens is 2. The van der Waals surface area contributed by atoms with Gasteiger partial charge in [0.15, 0.2) is 5.78 Å². The minimum atomic E-state index is -0.581. The van der Waals surface area contributed by atoms with Crippen molar-refractivity contribution in [2.24, 2.45) is 5.92 Å². The molecule has 5 nitrogen and oxygen atoms in total. The number of pyridine rings is 1. The molecule has 2 saturated carbocycles. The standard InChI is InChI=1S/C27H32ClFN2O3/c1-27(2,3)34-26(33)30-15-20-11-13-22(17-4-5-17)24(31-20)25(32)18-8-6-16(7-9-18)21-12-10-19(28)14-23(21)29/h10-14,16-18H,4-9,15H2,1-3H3,(H,30,33). The lowest BCUT2D eigenvalue weighted by Crippen LogP contribution is -2.32. The average molecular weight is 487 g/mol. The molecule has 0 bridgehead atoms. The number of ketones is 1. The second kappa shape index (κ2) is 10.0. The molecule has 0 aliphatic heterocycles. The van der Waals surface area contributed by atoms with Crippen molar-refractivity contribution in [3.8, 4) is 0 Å². The second-order valence-electron chi connectivity index (χ2n) is 10.4. The SMILES string of the molecule is CC(C)(C)OC(=O)NCc1ccc(C2CC2)c(C(=O)C2CCC(c3ccc(Cl)cc3F)CC2)n1. The lowest BCUT2D eigenvalue weighted by Gasteiger charge is -2.28. The van der Waals surface area contributed by atoms with Crippen molar-refractivity contribution < 1.29 is 18.7 Å². The Morgan fingerprint density at radius 1 is 1.03 bits per heavy atom. The Kier molecular flexibility index (Phi) is 7.27. The minimum Gasteiger partial charge on any atom is -0.444 e. The molecule has 182 valence electrons. The van der Waals surface area contributed by atoms with Crippen molar-refractivity contribution in [2.45, 2.75) is 83.3 Å². The molecule has 2 aliphatic rings. The molecule has 2 aliphatic carbocycles. The van der Waals surface area contributed by atoms with Crippen molar-refractivity contribution in [2.75, 3.05) is 0 Å². The third-order valence-electron chi connectivity index (χ3n) is 6.55. The van der Waals surface area contributed by atoms with Crippen molar-refractivity contribution >= 4 is 23.5 Å². The first-order chi connectivity index (χ1) is 16.1. The molecular weight excluding hydrogens is 455 g/mol. The third kappa shape index (κ3) is 6.15. The summed E-state index contributed by atoms with van der Waals surface area (Å²) in [5, 5.41) is 3.11. The van der Waals surface area contributed by atoms with Crippen LogP contribution in [0, 0.1) is 11.7 Å². The summed E-state index contributed by atoms with van der Waals surface area (Å²) in [6.07, 6.45) is 4.55. The maximum absolute atomic E-state index is 14.4. The Labute approximate surface area is 205 Å². The van der Waals surface area contributed by atoms with E-state index in [4.69, 9.17) is 16.3 Å². The third-order valence-corrected chi connectivity index (χ3v) is 6.78. The van der Waals surface area contributed by atoms with Crippen LogP contribution in [0.25, 0.3) is 0 Å². The molecule has 0 atom stereocenters. The molecule has 0 saturated heterocycles. The summed E-state index contributed by atoms with van der Waals surface area (Å²) >= 11 is 5.89. The summed E-state index contributed by atoms with van der Waals surface area (Å²) in [6.45, 7) is 5.62. The monoisotopic (exact) mass is 486 g/mol. The first-order valence-electron chi connectivity index (χ1n) is 12.1. The Balaban J connectivity index is 1.43. The van der Waals surface area contributed by atoms with Crippen LogP contribution in [0.1, 0.15) is 98.4 Å². The molecule has 2 aromatic rings. The van der Waals surface area contributed by atoms with E-state index >= 15 is 0 Å². The highest BCUT2D eigenvalue weighted by atomic mass is 35.5. The van der Waals surface area contributed by atoms with Gasteiger partial charge < -0.3 is 10.1 Å². The number of amides is 1. The average Bonchev–Trinajstić information content (AvgIpc) is 3.61. The van der Waals surface area contributed by atoms with Crippen LogP contribution in [0.15, 0.2) is 30.3 Å². The van der Waals surface area contributed by atoms with Gasteiger partial charge in [0.2, 0.25) is 0 Å². The van der Waals surface area contributed by atoms with Crippen LogP contribution in [0.5, 0.6) is 0 Å². The van der Waals surface area contributed by atoms with E-state index < -0.39 is 11.7 Å². The number of rotatable bonds is 6. The smallest absolute Gasteiger partial charge is 0.407 e. The van der Waals surface area contributed by atoms with E-state index in [0.29, 0.717) is 40.7 Å². The quantitative estimate of drug-likeness (QED) is 0.449. The van der Waals surface area contributed by atoms with E-state index in [9.17, 15) is 14.0 Å². The zero-order valence-corrected chi connectivity index (χ0v) is 20.8. The summed E-state index contributed by atoms with van der Waals surface area (Å²) in [5.74, 6) is 0.159. The van der Waals surface area contributed by atoms with E-state index in [-0.39, 0.29) is 30.0 Å². The van der Waals surface area contributed by atoms with Gasteiger partial charge in [-0.2, -0.15) is 0 Å². The van der Waals surface area contributed by atoms with Crippen LogP contribution in [0.4, 0.5) is 9.18 Å². The first-order valence-corrected chi connectivity index (χ1v) is 12.4. The van der Waals surface area contributed by atoms with Crippen LogP contribution >= 0.6 is 11.6 Å². The highest BCUT2D eigenvalue weighted by Crippen LogP contribution is 2.43.